The fraction of sp³-hybridized carbons (Fsp3) is 0.375. The normalized spacial score (nSPS) is 17.1. The van der Waals surface area contributed by atoms with Gasteiger partial charge in [0.1, 0.15) is 11.8 Å². The van der Waals surface area contributed by atoms with Gasteiger partial charge in [0.25, 0.3) is 5.91 Å². The Balaban J connectivity index is 1.11. The average molecular weight is 619 g/mol. The van der Waals surface area contributed by atoms with E-state index in [2.05, 4.69) is 21.3 Å². The molecule has 44 heavy (non-hydrogen) atoms. The van der Waals surface area contributed by atoms with Crippen molar-refractivity contribution in [2.45, 2.75) is 51.3 Å². The molecule has 0 aliphatic carbocycles. The van der Waals surface area contributed by atoms with Gasteiger partial charge >= 0.3 is 0 Å². The summed E-state index contributed by atoms with van der Waals surface area (Å²) in [7, 11) is 1.65. The molecule has 0 spiro atoms. The van der Waals surface area contributed by atoms with Crippen molar-refractivity contribution in [2.24, 2.45) is 0 Å². The van der Waals surface area contributed by atoms with E-state index in [0.717, 1.165) is 43.6 Å². The molecule has 2 amide bonds. The number of carbonyl (C=O) groups is 2. The number of rotatable bonds is 9. The first-order chi connectivity index (χ1) is 21.4. The van der Waals surface area contributed by atoms with Crippen LogP contribution in [0.25, 0.3) is 0 Å². The second-order valence-electron chi connectivity index (χ2n) is 11.0. The summed E-state index contributed by atoms with van der Waals surface area (Å²) in [5.74, 6) is 0.645. The minimum absolute atomic E-state index is 0.0371. The van der Waals surface area contributed by atoms with Crippen LogP contribution in [0.15, 0.2) is 60.2 Å². The molecule has 1 aromatic carbocycles. The Morgan fingerprint density at radius 2 is 1.93 bits per heavy atom. The minimum atomic E-state index is -0.553. The Bertz CT molecular complexity index is 1630. The minimum Gasteiger partial charge on any atom is -0.493 e. The highest BCUT2D eigenvalue weighted by atomic mass is 32.1. The smallest absolute Gasteiger partial charge is 0.274 e. The van der Waals surface area contributed by atoms with Crippen molar-refractivity contribution in [1.82, 2.24) is 19.4 Å². The summed E-state index contributed by atoms with van der Waals surface area (Å²) in [5, 5.41) is 5.46. The molecule has 6 rings (SSSR count). The zero-order valence-electron chi connectivity index (χ0n) is 24.7. The van der Waals surface area contributed by atoms with Crippen molar-refractivity contribution in [2.75, 3.05) is 37.0 Å². The molecule has 2 saturated heterocycles. The number of ether oxygens (including phenoxy) is 2. The quantitative estimate of drug-likeness (QED) is 0.247. The molecule has 230 valence electrons. The molecule has 10 nitrogen and oxygen atoms in total. The lowest BCUT2D eigenvalue weighted by Crippen LogP contribution is -2.40. The number of pyridine rings is 1. The maximum absolute atomic E-state index is 13.6. The molecule has 2 aliphatic heterocycles. The van der Waals surface area contributed by atoms with Gasteiger partial charge in [-0.15, -0.1) is 11.3 Å². The fourth-order valence-electron chi connectivity index (χ4n) is 5.94. The Labute approximate surface area is 259 Å². The number of anilines is 2. The number of benzene rings is 1. The molecule has 1 atom stereocenters. The first-order valence-electron chi connectivity index (χ1n) is 14.8. The van der Waals surface area contributed by atoms with Crippen LogP contribution in [-0.2, 0) is 11.3 Å². The van der Waals surface area contributed by atoms with Gasteiger partial charge in [-0.05, 0) is 54.8 Å². The molecule has 2 aliphatic rings. The van der Waals surface area contributed by atoms with Gasteiger partial charge in [0.2, 0.25) is 11.9 Å². The Morgan fingerprint density at radius 3 is 2.70 bits per heavy atom. The van der Waals surface area contributed by atoms with Gasteiger partial charge in [-0.2, -0.15) is 4.39 Å². The summed E-state index contributed by atoms with van der Waals surface area (Å²) >= 11 is 1.40. The fourth-order valence-corrected chi connectivity index (χ4v) is 6.69. The van der Waals surface area contributed by atoms with E-state index in [-0.39, 0.29) is 24.0 Å². The van der Waals surface area contributed by atoms with E-state index in [4.69, 9.17) is 14.5 Å². The van der Waals surface area contributed by atoms with Crippen LogP contribution in [0, 0.1) is 5.95 Å². The van der Waals surface area contributed by atoms with Gasteiger partial charge in [-0.3, -0.25) is 14.9 Å². The van der Waals surface area contributed by atoms with E-state index in [0.29, 0.717) is 47.5 Å². The van der Waals surface area contributed by atoms with Crippen molar-refractivity contribution >= 4 is 34.0 Å². The summed E-state index contributed by atoms with van der Waals surface area (Å²) in [6.07, 6.45) is 6.78. The molecule has 1 N–H and O–H groups in total. The number of aromatic nitrogens is 3. The van der Waals surface area contributed by atoms with Crippen molar-refractivity contribution < 1.29 is 23.5 Å². The standard InChI is InChI=1S/C32H35FN6O4S/c1-21(40)37-15-10-24(11-16-37)43-28-8-7-23(18-29(28)42-2)39-14-4-5-26(39)25-20-44-32(35-25)36-31(41)27-6-3-13-38(27)19-22-9-12-34-30(33)17-22/h3,6-9,12-13,17-18,20,24,26H,4-5,10-11,14-16,19H2,1-2H3,(H,35,36,41). The predicted octanol–water partition coefficient (Wildman–Crippen LogP) is 5.52. The maximum atomic E-state index is 13.6. The van der Waals surface area contributed by atoms with Gasteiger partial charge in [-0.1, -0.05) is 0 Å². The first kappa shape index (κ1) is 29.6. The molecule has 5 heterocycles. The molecule has 0 radical (unpaired) electrons. The Morgan fingerprint density at radius 1 is 1.09 bits per heavy atom. The number of hydrogen-bond acceptors (Lipinski definition) is 8. The van der Waals surface area contributed by atoms with E-state index < -0.39 is 5.95 Å². The van der Waals surface area contributed by atoms with Crippen molar-refractivity contribution in [3.63, 3.8) is 0 Å². The van der Waals surface area contributed by atoms with Crippen molar-refractivity contribution in [1.29, 1.82) is 0 Å². The monoisotopic (exact) mass is 618 g/mol. The second kappa shape index (κ2) is 13.0. The summed E-state index contributed by atoms with van der Waals surface area (Å²) in [6, 6.07) is 12.7. The third kappa shape index (κ3) is 6.54. The van der Waals surface area contributed by atoms with Crippen LogP contribution < -0.4 is 19.7 Å². The third-order valence-electron chi connectivity index (χ3n) is 8.20. The SMILES string of the molecule is COc1cc(N2CCCC2c2csc(NC(=O)c3cccn3Cc3ccnc(F)c3)n2)ccc1OC1CCN(C(C)=O)CC1. The van der Waals surface area contributed by atoms with Crippen LogP contribution in [0.2, 0.25) is 0 Å². The predicted molar refractivity (Wildman–Crippen MR) is 166 cm³/mol. The number of amides is 2. The number of halogens is 1. The summed E-state index contributed by atoms with van der Waals surface area (Å²) < 4.78 is 27.3. The summed E-state index contributed by atoms with van der Waals surface area (Å²) in [6.45, 7) is 4.23. The molecule has 1 unspecified atom stereocenters. The first-order valence-corrected chi connectivity index (χ1v) is 15.6. The maximum Gasteiger partial charge on any atom is 0.274 e. The lowest BCUT2D eigenvalue weighted by atomic mass is 10.1. The van der Waals surface area contributed by atoms with E-state index in [1.807, 2.05) is 22.4 Å². The summed E-state index contributed by atoms with van der Waals surface area (Å²) in [5.41, 5.74) is 3.10. The molecule has 0 saturated carbocycles. The lowest BCUT2D eigenvalue weighted by Gasteiger charge is -2.32. The zero-order valence-corrected chi connectivity index (χ0v) is 25.6. The zero-order chi connectivity index (χ0) is 30.6. The topological polar surface area (TPSA) is 102 Å². The highest BCUT2D eigenvalue weighted by Crippen LogP contribution is 2.41. The van der Waals surface area contributed by atoms with Gasteiger partial charge in [0.15, 0.2) is 16.6 Å². The Kier molecular flexibility index (Phi) is 8.78. The Hall–Kier alpha value is -4.45. The number of nitrogens with one attached hydrogen (secondary N) is 1. The number of hydrogen-bond donors (Lipinski definition) is 1. The summed E-state index contributed by atoms with van der Waals surface area (Å²) in [4.78, 5) is 37.4. The van der Waals surface area contributed by atoms with Gasteiger partial charge in [0, 0.05) is 75.5 Å². The highest BCUT2D eigenvalue weighted by Gasteiger charge is 2.30. The number of methoxy groups -OCH3 is 1. The van der Waals surface area contributed by atoms with Gasteiger partial charge < -0.3 is 23.8 Å². The van der Waals surface area contributed by atoms with E-state index in [1.54, 1.807) is 43.0 Å². The molecule has 2 fully saturated rings. The van der Waals surface area contributed by atoms with Crippen LogP contribution in [0.5, 0.6) is 11.5 Å². The lowest BCUT2D eigenvalue weighted by molar-refractivity contribution is -0.130. The number of thiazole rings is 1. The number of likely N-dealkylation sites (tertiary alicyclic amines) is 1. The van der Waals surface area contributed by atoms with E-state index in [1.165, 1.54) is 23.6 Å². The molecule has 4 aromatic rings. The molecular formula is C32H35FN6O4S. The van der Waals surface area contributed by atoms with Crippen LogP contribution in [0.4, 0.5) is 15.2 Å². The third-order valence-corrected chi connectivity index (χ3v) is 8.98. The molecule has 3 aromatic heterocycles. The number of piperidine rings is 1. The van der Waals surface area contributed by atoms with Gasteiger partial charge in [-0.25, -0.2) is 9.97 Å². The van der Waals surface area contributed by atoms with E-state index in [9.17, 15) is 14.0 Å². The van der Waals surface area contributed by atoms with Gasteiger partial charge in [0.05, 0.1) is 18.8 Å². The van der Waals surface area contributed by atoms with Crippen LogP contribution in [-0.4, -0.2) is 64.1 Å². The second-order valence-corrected chi connectivity index (χ2v) is 11.9. The van der Waals surface area contributed by atoms with Crippen molar-refractivity contribution in [3.8, 4) is 11.5 Å². The number of nitrogens with zero attached hydrogens (tertiary/aromatic N) is 5. The van der Waals surface area contributed by atoms with Crippen LogP contribution in [0.3, 0.4) is 0 Å². The molecule has 0 bridgehead atoms. The molecule has 12 heteroatoms. The van der Waals surface area contributed by atoms with E-state index >= 15 is 0 Å². The highest BCUT2D eigenvalue weighted by molar-refractivity contribution is 7.14. The van der Waals surface area contributed by atoms with Crippen LogP contribution in [0.1, 0.15) is 60.4 Å². The molecular weight excluding hydrogens is 583 g/mol. The van der Waals surface area contributed by atoms with Crippen LogP contribution >= 0.6 is 11.3 Å². The number of carbonyl (C=O) groups excluding carboxylic acids is 2. The average Bonchev–Trinajstić information content (AvgIpc) is 3.79. The largest absolute Gasteiger partial charge is 0.493 e. The van der Waals surface area contributed by atoms with Crippen molar-refractivity contribution in [3.05, 3.63) is 83.1 Å².